The van der Waals surface area contributed by atoms with Crippen LogP contribution in [0.4, 0.5) is 0 Å². The number of hydrogen-bond acceptors (Lipinski definition) is 2. The maximum atomic E-state index is 4.18. The van der Waals surface area contributed by atoms with Crippen LogP contribution in [0, 0.1) is 5.92 Å². The molecule has 0 aliphatic heterocycles. The van der Waals surface area contributed by atoms with E-state index < -0.39 is 0 Å². The summed E-state index contributed by atoms with van der Waals surface area (Å²) in [6.07, 6.45) is 6.65. The van der Waals surface area contributed by atoms with Crippen LogP contribution in [0.2, 0.25) is 0 Å². The summed E-state index contributed by atoms with van der Waals surface area (Å²) in [7, 11) is 0. The van der Waals surface area contributed by atoms with Gasteiger partial charge in [0.2, 0.25) is 0 Å². The molecule has 2 rings (SSSR count). The molecule has 1 saturated carbocycles. The minimum absolute atomic E-state index is 0.957. The molecule has 4 heteroatoms. The van der Waals surface area contributed by atoms with Crippen LogP contribution >= 0.6 is 15.9 Å². The lowest BCUT2D eigenvalue weighted by Crippen LogP contribution is -2.22. The first-order valence-electron chi connectivity index (χ1n) is 4.73. The van der Waals surface area contributed by atoms with Gasteiger partial charge in [-0.2, -0.15) is 5.10 Å². The van der Waals surface area contributed by atoms with E-state index in [1.54, 1.807) is 0 Å². The Labute approximate surface area is 86.6 Å². The average Bonchev–Trinajstić information content (AvgIpc) is 2.84. The summed E-state index contributed by atoms with van der Waals surface area (Å²) in [6, 6.07) is 0. The number of nitrogens with zero attached hydrogens (tertiary/aromatic N) is 2. The maximum absolute atomic E-state index is 4.18. The van der Waals surface area contributed by atoms with Gasteiger partial charge in [0.15, 0.2) is 0 Å². The molecule has 0 aromatic carbocycles. The fourth-order valence-corrected chi connectivity index (χ4v) is 1.61. The van der Waals surface area contributed by atoms with Gasteiger partial charge in [-0.3, -0.25) is 4.68 Å². The average molecular weight is 244 g/mol. The van der Waals surface area contributed by atoms with E-state index in [0.717, 1.165) is 23.5 Å². The Bertz CT molecular complexity index is 268. The van der Waals surface area contributed by atoms with Gasteiger partial charge in [-0.15, -0.1) is 0 Å². The molecule has 1 heterocycles. The Morgan fingerprint density at radius 1 is 1.62 bits per heavy atom. The van der Waals surface area contributed by atoms with Crippen LogP contribution in [0.3, 0.4) is 0 Å². The van der Waals surface area contributed by atoms with Crippen molar-refractivity contribution in [3.05, 3.63) is 16.9 Å². The molecule has 0 amide bonds. The van der Waals surface area contributed by atoms with Gasteiger partial charge in [0.1, 0.15) is 0 Å². The summed E-state index contributed by atoms with van der Waals surface area (Å²) in [5.41, 5.74) is 0. The van der Waals surface area contributed by atoms with E-state index in [9.17, 15) is 0 Å². The highest BCUT2D eigenvalue weighted by molar-refractivity contribution is 9.10. The Balaban J connectivity index is 1.61. The quantitative estimate of drug-likeness (QED) is 0.798. The van der Waals surface area contributed by atoms with Crippen LogP contribution in [0.5, 0.6) is 0 Å². The van der Waals surface area contributed by atoms with Crippen LogP contribution in [0.15, 0.2) is 16.9 Å². The van der Waals surface area contributed by atoms with E-state index in [1.807, 2.05) is 17.1 Å². The van der Waals surface area contributed by atoms with E-state index in [1.165, 1.54) is 19.4 Å². The molecule has 1 aromatic rings. The van der Waals surface area contributed by atoms with E-state index in [-0.39, 0.29) is 0 Å². The fraction of sp³-hybridized carbons (Fsp3) is 0.667. The van der Waals surface area contributed by atoms with Gasteiger partial charge in [0.05, 0.1) is 17.2 Å². The Morgan fingerprint density at radius 3 is 3.08 bits per heavy atom. The van der Waals surface area contributed by atoms with Crippen molar-refractivity contribution in [1.29, 1.82) is 0 Å². The highest BCUT2D eigenvalue weighted by Crippen LogP contribution is 2.27. The van der Waals surface area contributed by atoms with E-state index in [4.69, 9.17) is 0 Å². The van der Waals surface area contributed by atoms with Crippen molar-refractivity contribution >= 4 is 15.9 Å². The number of hydrogen-bond donors (Lipinski definition) is 1. The molecule has 13 heavy (non-hydrogen) atoms. The molecule has 0 unspecified atom stereocenters. The molecular weight excluding hydrogens is 230 g/mol. The van der Waals surface area contributed by atoms with Gasteiger partial charge in [-0.1, -0.05) is 0 Å². The molecule has 0 bridgehead atoms. The normalized spacial score (nSPS) is 16.4. The van der Waals surface area contributed by atoms with Crippen LogP contribution in [0.1, 0.15) is 12.8 Å². The largest absolute Gasteiger partial charge is 0.315 e. The van der Waals surface area contributed by atoms with Crippen molar-refractivity contribution in [2.45, 2.75) is 19.4 Å². The monoisotopic (exact) mass is 243 g/mol. The third-order valence-corrected chi connectivity index (χ3v) is 2.66. The van der Waals surface area contributed by atoms with Gasteiger partial charge in [0.25, 0.3) is 0 Å². The predicted octanol–water partition coefficient (Wildman–Crippen LogP) is 1.65. The molecule has 1 aliphatic carbocycles. The second kappa shape index (κ2) is 4.24. The molecule has 0 radical (unpaired) electrons. The first-order chi connectivity index (χ1) is 6.34. The molecule has 0 spiro atoms. The minimum Gasteiger partial charge on any atom is -0.315 e. The van der Waals surface area contributed by atoms with E-state index in [0.29, 0.717) is 0 Å². The fourth-order valence-electron chi connectivity index (χ4n) is 1.28. The number of aromatic nitrogens is 2. The first-order valence-corrected chi connectivity index (χ1v) is 5.52. The third kappa shape index (κ3) is 3.12. The Hall–Kier alpha value is -0.350. The van der Waals surface area contributed by atoms with Crippen LogP contribution in [0.25, 0.3) is 0 Å². The molecule has 3 nitrogen and oxygen atoms in total. The predicted molar refractivity (Wildman–Crippen MR) is 55.5 cm³/mol. The zero-order valence-electron chi connectivity index (χ0n) is 7.54. The topological polar surface area (TPSA) is 29.9 Å². The van der Waals surface area contributed by atoms with Gasteiger partial charge in [-0.05, 0) is 41.2 Å². The van der Waals surface area contributed by atoms with Crippen molar-refractivity contribution in [1.82, 2.24) is 15.1 Å². The highest BCUT2D eigenvalue weighted by atomic mass is 79.9. The van der Waals surface area contributed by atoms with Crippen molar-refractivity contribution in [3.63, 3.8) is 0 Å². The van der Waals surface area contributed by atoms with Crippen LogP contribution in [-0.2, 0) is 6.54 Å². The van der Waals surface area contributed by atoms with Gasteiger partial charge in [0, 0.05) is 12.7 Å². The summed E-state index contributed by atoms with van der Waals surface area (Å²) < 4.78 is 3.00. The van der Waals surface area contributed by atoms with Crippen LogP contribution < -0.4 is 5.32 Å². The molecule has 72 valence electrons. The molecule has 1 aliphatic rings. The Morgan fingerprint density at radius 2 is 2.46 bits per heavy atom. The second-order valence-electron chi connectivity index (χ2n) is 3.57. The molecular formula is C9H14BrN3. The minimum atomic E-state index is 0.957. The van der Waals surface area contributed by atoms with E-state index >= 15 is 0 Å². The molecule has 1 aromatic heterocycles. The SMILES string of the molecule is Brc1cnn(CCNCC2CC2)c1. The van der Waals surface area contributed by atoms with Crippen LogP contribution in [-0.4, -0.2) is 22.9 Å². The third-order valence-electron chi connectivity index (χ3n) is 2.25. The van der Waals surface area contributed by atoms with Gasteiger partial charge in [-0.25, -0.2) is 0 Å². The second-order valence-corrected chi connectivity index (χ2v) is 4.48. The van der Waals surface area contributed by atoms with Crippen molar-refractivity contribution in [2.75, 3.05) is 13.1 Å². The zero-order valence-corrected chi connectivity index (χ0v) is 9.13. The number of nitrogens with one attached hydrogen (secondary N) is 1. The number of halogens is 1. The maximum Gasteiger partial charge on any atom is 0.0632 e. The van der Waals surface area contributed by atoms with Crippen molar-refractivity contribution < 1.29 is 0 Å². The lowest BCUT2D eigenvalue weighted by atomic mass is 10.4. The molecule has 1 fully saturated rings. The molecule has 0 saturated heterocycles. The molecule has 0 atom stereocenters. The Kier molecular flexibility index (Phi) is 3.01. The summed E-state index contributed by atoms with van der Waals surface area (Å²) in [4.78, 5) is 0. The summed E-state index contributed by atoms with van der Waals surface area (Å²) in [5.74, 6) is 0.962. The summed E-state index contributed by atoms with van der Waals surface area (Å²) in [6.45, 7) is 3.16. The standard InChI is InChI=1S/C9H14BrN3/c10-9-6-12-13(7-9)4-3-11-5-8-1-2-8/h6-8,11H,1-5H2. The lowest BCUT2D eigenvalue weighted by molar-refractivity contribution is 0.542. The zero-order chi connectivity index (χ0) is 9.10. The summed E-state index contributed by atoms with van der Waals surface area (Å²) >= 11 is 3.37. The smallest absolute Gasteiger partial charge is 0.0632 e. The first kappa shape index (κ1) is 9.21. The summed E-state index contributed by atoms with van der Waals surface area (Å²) in [5, 5.41) is 7.61. The van der Waals surface area contributed by atoms with Gasteiger partial charge >= 0.3 is 0 Å². The lowest BCUT2D eigenvalue weighted by Gasteiger charge is -2.02. The van der Waals surface area contributed by atoms with Crippen molar-refractivity contribution in [2.24, 2.45) is 5.92 Å². The molecule has 1 N–H and O–H groups in total. The van der Waals surface area contributed by atoms with Gasteiger partial charge < -0.3 is 5.32 Å². The highest BCUT2D eigenvalue weighted by Gasteiger charge is 2.19. The number of rotatable bonds is 5. The van der Waals surface area contributed by atoms with Crippen molar-refractivity contribution in [3.8, 4) is 0 Å². The van der Waals surface area contributed by atoms with E-state index in [2.05, 4.69) is 26.3 Å².